The highest BCUT2D eigenvalue weighted by Gasteiger charge is 2.51. The molecule has 2 saturated heterocycles. The highest BCUT2D eigenvalue weighted by atomic mass is 19.1. The summed E-state index contributed by atoms with van der Waals surface area (Å²) in [6.07, 6.45) is 0. The van der Waals surface area contributed by atoms with Gasteiger partial charge in [0, 0.05) is 12.4 Å². The number of hydrogen-bond acceptors (Lipinski definition) is 5. The topological polar surface area (TPSA) is 54.7 Å². The number of rotatable bonds is 2. The number of ether oxygens (including phenoxy) is 2. The maximum atomic E-state index is 14.6. The van der Waals surface area contributed by atoms with Crippen molar-refractivity contribution in [1.29, 1.82) is 0 Å². The molecule has 2 aromatic rings. The zero-order valence-electron chi connectivity index (χ0n) is 18.2. The molecule has 0 bridgehead atoms. The molecule has 2 fully saturated rings. The van der Waals surface area contributed by atoms with Gasteiger partial charge in [0.15, 0.2) is 0 Å². The van der Waals surface area contributed by atoms with E-state index in [0.717, 1.165) is 37.4 Å². The second-order valence-corrected chi connectivity index (χ2v) is 8.46. The van der Waals surface area contributed by atoms with Gasteiger partial charge in [0.25, 0.3) is 0 Å². The minimum absolute atomic E-state index is 0.338. The van der Waals surface area contributed by atoms with Crippen LogP contribution in [0.1, 0.15) is 40.3 Å². The van der Waals surface area contributed by atoms with E-state index in [9.17, 15) is 4.39 Å². The van der Waals surface area contributed by atoms with Gasteiger partial charge in [-0.05, 0) is 51.7 Å². The molecule has 0 radical (unpaired) electrons. The third-order valence-electron chi connectivity index (χ3n) is 5.59. The Morgan fingerprint density at radius 3 is 2.03 bits per heavy atom. The van der Waals surface area contributed by atoms with Crippen molar-refractivity contribution < 1.29 is 23.2 Å². The molecule has 0 unspecified atom stereocenters. The molecule has 1 aromatic heterocycles. The normalized spacial score (nSPS) is 20.4. The first-order valence-electron chi connectivity index (χ1n) is 9.86. The fourth-order valence-electron chi connectivity index (χ4n) is 3.25. The highest BCUT2D eigenvalue weighted by Crippen LogP contribution is 2.37. The third-order valence-corrected chi connectivity index (χ3v) is 5.59. The van der Waals surface area contributed by atoms with Gasteiger partial charge in [-0.2, -0.15) is 5.10 Å². The van der Waals surface area contributed by atoms with Crippen LogP contribution in [0.15, 0.2) is 18.7 Å². The summed E-state index contributed by atoms with van der Waals surface area (Å²) in [4.78, 5) is 0. The molecule has 2 aliphatic heterocycles. The fraction of sp³-hybridized carbons (Fsp3) is 0.571. The lowest BCUT2D eigenvalue weighted by Gasteiger charge is -2.32. The number of allylic oxidation sites excluding steroid dienone is 1. The number of fused-ring (bicyclic) bond motifs is 1. The summed E-state index contributed by atoms with van der Waals surface area (Å²) in [6, 6.07) is 3.35. The number of aryl methyl sites for hydroxylation is 1. The van der Waals surface area contributed by atoms with E-state index in [2.05, 4.69) is 11.7 Å². The van der Waals surface area contributed by atoms with Gasteiger partial charge in [0.2, 0.25) is 0 Å². The van der Waals surface area contributed by atoms with E-state index in [-0.39, 0.29) is 5.82 Å². The van der Waals surface area contributed by atoms with E-state index in [1.807, 2.05) is 40.7 Å². The minimum atomic E-state index is -0.600. The van der Waals surface area contributed by atoms with E-state index in [1.165, 1.54) is 6.07 Å². The first kappa shape index (κ1) is 22.0. The molecule has 0 amide bonds. The standard InChI is InChI=1S/C17H22BFN2O2.C4H8O2/c1-10(2)14-12-8-11(9-13(19)15(12)21(7)20-14)18-22-16(3,4)17(5,6)23-18;1-2-6-4-3-5-1/h8-9H,1H2,2-7H3;1-4H2. The van der Waals surface area contributed by atoms with Gasteiger partial charge in [0.1, 0.15) is 11.3 Å². The second-order valence-electron chi connectivity index (χ2n) is 8.46. The molecule has 0 aliphatic carbocycles. The largest absolute Gasteiger partial charge is 0.494 e. The molecule has 4 rings (SSSR count). The molecule has 0 saturated carbocycles. The van der Waals surface area contributed by atoms with Crippen LogP contribution in [0.2, 0.25) is 0 Å². The van der Waals surface area contributed by atoms with Gasteiger partial charge in [0.05, 0.1) is 43.3 Å². The van der Waals surface area contributed by atoms with Crippen molar-refractivity contribution in [2.24, 2.45) is 7.05 Å². The van der Waals surface area contributed by atoms with Crippen LogP contribution in [-0.4, -0.2) is 54.5 Å². The predicted molar refractivity (Wildman–Crippen MR) is 113 cm³/mol. The molecule has 158 valence electrons. The zero-order valence-corrected chi connectivity index (χ0v) is 18.2. The van der Waals surface area contributed by atoms with Crippen molar-refractivity contribution in [3.63, 3.8) is 0 Å². The summed E-state index contributed by atoms with van der Waals surface area (Å²) < 4.78 is 38.1. The first-order valence-corrected chi connectivity index (χ1v) is 9.86. The molecular weight excluding hydrogens is 374 g/mol. The van der Waals surface area contributed by atoms with E-state index in [4.69, 9.17) is 18.8 Å². The Balaban J connectivity index is 0.000000343. The monoisotopic (exact) mass is 404 g/mol. The van der Waals surface area contributed by atoms with Gasteiger partial charge in [-0.25, -0.2) is 4.39 Å². The Labute approximate surface area is 172 Å². The van der Waals surface area contributed by atoms with Crippen LogP contribution in [0.5, 0.6) is 0 Å². The SMILES string of the molecule is C1COCCO1.C=C(C)c1nn(C)c2c(F)cc(B3OC(C)(C)C(C)(C)O3)cc12. The number of aromatic nitrogens is 2. The molecule has 0 atom stereocenters. The van der Waals surface area contributed by atoms with Crippen molar-refractivity contribution in [3.8, 4) is 0 Å². The second kappa shape index (κ2) is 8.18. The molecule has 1 aromatic carbocycles. The maximum Gasteiger partial charge on any atom is 0.494 e. The average molecular weight is 404 g/mol. The summed E-state index contributed by atoms with van der Waals surface area (Å²) in [7, 11) is 1.13. The molecule has 3 heterocycles. The Bertz CT molecular complexity index is 878. The van der Waals surface area contributed by atoms with E-state index >= 15 is 0 Å². The van der Waals surface area contributed by atoms with Crippen molar-refractivity contribution >= 4 is 29.1 Å². The smallest absolute Gasteiger partial charge is 0.399 e. The van der Waals surface area contributed by atoms with Gasteiger partial charge >= 0.3 is 7.12 Å². The van der Waals surface area contributed by atoms with Crippen molar-refractivity contribution in [1.82, 2.24) is 9.78 Å². The first-order chi connectivity index (χ1) is 13.5. The molecule has 2 aliphatic rings. The summed E-state index contributed by atoms with van der Waals surface area (Å²) in [5, 5.41) is 5.10. The van der Waals surface area contributed by atoms with Crippen LogP contribution in [0.25, 0.3) is 16.5 Å². The summed E-state index contributed by atoms with van der Waals surface area (Å²) in [5.41, 5.74) is 1.68. The molecule has 29 heavy (non-hydrogen) atoms. The van der Waals surface area contributed by atoms with Crippen molar-refractivity contribution in [3.05, 3.63) is 30.2 Å². The van der Waals surface area contributed by atoms with Crippen LogP contribution in [0.4, 0.5) is 4.39 Å². The zero-order chi connectivity index (χ0) is 21.4. The average Bonchev–Trinajstić information content (AvgIpc) is 3.10. The van der Waals surface area contributed by atoms with Gasteiger partial charge in [-0.1, -0.05) is 12.6 Å². The van der Waals surface area contributed by atoms with Crippen LogP contribution in [-0.2, 0) is 25.8 Å². The van der Waals surface area contributed by atoms with Gasteiger partial charge in [-0.15, -0.1) is 0 Å². The molecule has 0 spiro atoms. The van der Waals surface area contributed by atoms with Crippen LogP contribution in [0, 0.1) is 5.82 Å². The summed E-state index contributed by atoms with van der Waals surface area (Å²) >= 11 is 0. The summed E-state index contributed by atoms with van der Waals surface area (Å²) in [6.45, 7) is 16.8. The molecular formula is C21H30BFN2O4. The van der Waals surface area contributed by atoms with Gasteiger partial charge < -0.3 is 18.8 Å². The lowest BCUT2D eigenvalue weighted by atomic mass is 9.78. The number of hydrogen-bond donors (Lipinski definition) is 0. The minimum Gasteiger partial charge on any atom is -0.399 e. The van der Waals surface area contributed by atoms with Crippen LogP contribution < -0.4 is 5.46 Å². The Morgan fingerprint density at radius 2 is 1.59 bits per heavy atom. The Hall–Kier alpha value is -1.74. The van der Waals surface area contributed by atoms with Crippen molar-refractivity contribution in [2.45, 2.75) is 45.8 Å². The lowest BCUT2D eigenvalue weighted by molar-refractivity contribution is -0.0334. The highest BCUT2D eigenvalue weighted by molar-refractivity contribution is 6.62. The number of nitrogens with zero attached hydrogens (tertiary/aromatic N) is 2. The Morgan fingerprint density at radius 1 is 1.07 bits per heavy atom. The Kier molecular flexibility index (Phi) is 6.20. The van der Waals surface area contributed by atoms with Gasteiger partial charge in [-0.3, -0.25) is 4.68 Å². The van der Waals surface area contributed by atoms with E-state index < -0.39 is 18.3 Å². The number of benzene rings is 1. The maximum absolute atomic E-state index is 14.6. The van der Waals surface area contributed by atoms with E-state index in [0.29, 0.717) is 16.7 Å². The molecule has 6 nitrogen and oxygen atoms in total. The number of halogens is 1. The third kappa shape index (κ3) is 4.40. The predicted octanol–water partition coefficient (Wildman–Crippen LogP) is 3.08. The summed E-state index contributed by atoms with van der Waals surface area (Å²) in [5.74, 6) is -0.338. The fourth-order valence-corrected chi connectivity index (χ4v) is 3.25. The van der Waals surface area contributed by atoms with E-state index in [1.54, 1.807) is 11.7 Å². The molecule has 0 N–H and O–H groups in total. The van der Waals surface area contributed by atoms with Crippen molar-refractivity contribution in [2.75, 3.05) is 26.4 Å². The molecule has 8 heteroatoms. The van der Waals surface area contributed by atoms with Crippen LogP contribution in [0.3, 0.4) is 0 Å². The van der Waals surface area contributed by atoms with Crippen LogP contribution >= 0.6 is 0 Å². The quantitative estimate of drug-likeness (QED) is 0.721. The lowest BCUT2D eigenvalue weighted by Crippen LogP contribution is -2.41.